The molecular formula is C21H25N3O5. The number of benzene rings is 2. The molecule has 2 aromatic rings. The zero-order valence-corrected chi connectivity index (χ0v) is 16.7. The van der Waals surface area contributed by atoms with Crippen LogP contribution in [0.4, 0.5) is 0 Å². The van der Waals surface area contributed by atoms with Crippen LogP contribution in [-0.2, 0) is 9.59 Å². The van der Waals surface area contributed by atoms with Gasteiger partial charge in [0.05, 0.1) is 26.2 Å². The van der Waals surface area contributed by atoms with Crippen molar-refractivity contribution in [1.29, 1.82) is 0 Å². The Morgan fingerprint density at radius 1 is 1.00 bits per heavy atom. The molecule has 0 aliphatic heterocycles. The summed E-state index contributed by atoms with van der Waals surface area (Å²) in [7, 11) is 1.48. The average molecular weight is 399 g/mol. The second-order valence-electron chi connectivity index (χ2n) is 6.17. The summed E-state index contributed by atoms with van der Waals surface area (Å²) < 4.78 is 10.6. The number of amides is 3. The molecule has 8 heteroatoms. The summed E-state index contributed by atoms with van der Waals surface area (Å²) >= 11 is 0. The van der Waals surface area contributed by atoms with Gasteiger partial charge in [0.1, 0.15) is 0 Å². The van der Waals surface area contributed by atoms with Gasteiger partial charge in [0.15, 0.2) is 11.5 Å². The summed E-state index contributed by atoms with van der Waals surface area (Å²) in [5, 5.41) is 2.74. The number of hydrogen-bond acceptors (Lipinski definition) is 5. The van der Waals surface area contributed by atoms with Crippen molar-refractivity contribution in [2.45, 2.75) is 26.3 Å². The molecule has 0 bridgehead atoms. The van der Waals surface area contributed by atoms with Gasteiger partial charge in [0.25, 0.3) is 5.91 Å². The van der Waals surface area contributed by atoms with E-state index in [1.807, 2.05) is 37.3 Å². The number of nitrogens with one attached hydrogen (secondary N) is 3. The lowest BCUT2D eigenvalue weighted by Crippen LogP contribution is -2.43. The first-order chi connectivity index (χ1) is 13.9. The lowest BCUT2D eigenvalue weighted by atomic mass is 10.0. The third-order valence-corrected chi connectivity index (χ3v) is 4.01. The highest BCUT2D eigenvalue weighted by atomic mass is 16.5. The number of rotatable bonds is 8. The van der Waals surface area contributed by atoms with Crippen LogP contribution in [0.3, 0.4) is 0 Å². The molecule has 0 aromatic heterocycles. The number of carbonyl (C=O) groups is 3. The summed E-state index contributed by atoms with van der Waals surface area (Å²) in [4.78, 5) is 36.1. The van der Waals surface area contributed by atoms with Crippen molar-refractivity contribution >= 4 is 17.7 Å². The molecule has 2 rings (SSSR count). The van der Waals surface area contributed by atoms with Gasteiger partial charge in [0.2, 0.25) is 11.8 Å². The van der Waals surface area contributed by atoms with E-state index in [9.17, 15) is 14.4 Å². The van der Waals surface area contributed by atoms with Crippen LogP contribution in [0.25, 0.3) is 0 Å². The van der Waals surface area contributed by atoms with Crippen LogP contribution in [0.2, 0.25) is 0 Å². The van der Waals surface area contributed by atoms with Gasteiger partial charge < -0.3 is 14.8 Å². The first kappa shape index (κ1) is 21.7. The van der Waals surface area contributed by atoms with Gasteiger partial charge in [0, 0.05) is 12.5 Å². The molecule has 0 aliphatic carbocycles. The topological polar surface area (TPSA) is 106 Å². The van der Waals surface area contributed by atoms with Crippen molar-refractivity contribution in [3.63, 3.8) is 0 Å². The van der Waals surface area contributed by atoms with Gasteiger partial charge in [-0.2, -0.15) is 0 Å². The van der Waals surface area contributed by atoms with E-state index in [0.29, 0.717) is 23.7 Å². The van der Waals surface area contributed by atoms with E-state index < -0.39 is 17.9 Å². The molecule has 3 N–H and O–H groups in total. The summed E-state index contributed by atoms with van der Waals surface area (Å²) in [6.07, 6.45) is -0.0313. The van der Waals surface area contributed by atoms with Gasteiger partial charge in [-0.05, 0) is 30.7 Å². The molecule has 0 heterocycles. The van der Waals surface area contributed by atoms with E-state index in [0.717, 1.165) is 5.56 Å². The average Bonchev–Trinajstić information content (AvgIpc) is 2.72. The molecule has 0 saturated carbocycles. The maximum absolute atomic E-state index is 12.3. The van der Waals surface area contributed by atoms with Crippen LogP contribution in [0.5, 0.6) is 11.5 Å². The predicted octanol–water partition coefficient (Wildman–Crippen LogP) is 2.12. The molecule has 0 fully saturated rings. The predicted molar refractivity (Wildman–Crippen MR) is 107 cm³/mol. The minimum atomic E-state index is -0.504. The second kappa shape index (κ2) is 10.7. The van der Waals surface area contributed by atoms with Crippen LogP contribution < -0.4 is 25.6 Å². The maximum atomic E-state index is 12.3. The second-order valence-corrected chi connectivity index (χ2v) is 6.17. The quantitative estimate of drug-likeness (QED) is 0.590. The Balaban J connectivity index is 1.98. The minimum Gasteiger partial charge on any atom is -0.493 e. The third-order valence-electron chi connectivity index (χ3n) is 4.01. The normalized spacial score (nSPS) is 11.1. The van der Waals surface area contributed by atoms with Crippen LogP contribution in [0.1, 0.15) is 42.2 Å². The summed E-state index contributed by atoms with van der Waals surface area (Å²) in [6.45, 7) is 3.70. The summed E-state index contributed by atoms with van der Waals surface area (Å²) in [5.41, 5.74) is 5.82. The Morgan fingerprint density at radius 2 is 1.72 bits per heavy atom. The Hall–Kier alpha value is -3.55. The molecule has 1 atom stereocenters. The van der Waals surface area contributed by atoms with Crippen LogP contribution >= 0.6 is 0 Å². The minimum absolute atomic E-state index is 0.0313. The Kier molecular flexibility index (Phi) is 8.02. The van der Waals surface area contributed by atoms with E-state index >= 15 is 0 Å². The molecule has 0 spiro atoms. The lowest BCUT2D eigenvalue weighted by molar-refractivity contribution is -0.123. The first-order valence-corrected chi connectivity index (χ1v) is 9.16. The Morgan fingerprint density at radius 3 is 2.34 bits per heavy atom. The smallest absolute Gasteiger partial charge is 0.269 e. The Labute approximate surface area is 169 Å². The largest absolute Gasteiger partial charge is 0.493 e. The number of hydrogen-bond donors (Lipinski definition) is 3. The van der Waals surface area contributed by atoms with Crippen LogP contribution in [0.15, 0.2) is 48.5 Å². The Bertz CT molecular complexity index is 855. The molecule has 8 nitrogen and oxygen atoms in total. The van der Waals surface area contributed by atoms with Crippen LogP contribution in [0, 0.1) is 0 Å². The lowest BCUT2D eigenvalue weighted by Gasteiger charge is -2.18. The molecule has 3 amide bonds. The van der Waals surface area contributed by atoms with Crippen LogP contribution in [-0.4, -0.2) is 31.4 Å². The summed E-state index contributed by atoms with van der Waals surface area (Å²) in [5.74, 6) is -0.260. The molecule has 0 aliphatic rings. The van der Waals surface area contributed by atoms with E-state index in [2.05, 4.69) is 16.2 Å². The molecule has 0 saturated heterocycles. The van der Waals surface area contributed by atoms with Gasteiger partial charge in [-0.1, -0.05) is 30.3 Å². The van der Waals surface area contributed by atoms with Gasteiger partial charge in [-0.15, -0.1) is 0 Å². The van der Waals surface area contributed by atoms with E-state index in [4.69, 9.17) is 9.47 Å². The number of methoxy groups -OCH3 is 1. The SMILES string of the molecule is CCOc1ccc(C(=O)NNC(=O)C[C@@H](NC(C)=O)c2ccccc2)cc1OC. The summed E-state index contributed by atoms with van der Waals surface area (Å²) in [6, 6.07) is 13.3. The fraction of sp³-hybridized carbons (Fsp3) is 0.286. The van der Waals surface area contributed by atoms with E-state index in [1.165, 1.54) is 20.1 Å². The van der Waals surface area contributed by atoms with Crippen molar-refractivity contribution in [1.82, 2.24) is 16.2 Å². The van der Waals surface area contributed by atoms with Crippen molar-refractivity contribution in [2.24, 2.45) is 0 Å². The van der Waals surface area contributed by atoms with E-state index in [1.54, 1.807) is 12.1 Å². The highest BCUT2D eigenvalue weighted by molar-refractivity contribution is 5.96. The van der Waals surface area contributed by atoms with Crippen molar-refractivity contribution in [2.75, 3.05) is 13.7 Å². The molecule has 29 heavy (non-hydrogen) atoms. The monoisotopic (exact) mass is 399 g/mol. The molecule has 2 aromatic carbocycles. The molecule has 0 radical (unpaired) electrons. The number of ether oxygens (including phenoxy) is 2. The van der Waals surface area contributed by atoms with Crippen molar-refractivity contribution < 1.29 is 23.9 Å². The highest BCUT2D eigenvalue weighted by Crippen LogP contribution is 2.27. The van der Waals surface area contributed by atoms with Crippen molar-refractivity contribution in [3.05, 3.63) is 59.7 Å². The number of carbonyl (C=O) groups excluding carboxylic acids is 3. The third kappa shape index (κ3) is 6.53. The number of hydrazine groups is 1. The van der Waals surface area contributed by atoms with Gasteiger partial charge in [-0.25, -0.2) is 0 Å². The fourth-order valence-corrected chi connectivity index (χ4v) is 2.70. The van der Waals surface area contributed by atoms with Gasteiger partial charge >= 0.3 is 0 Å². The van der Waals surface area contributed by atoms with E-state index in [-0.39, 0.29) is 12.3 Å². The molecular weight excluding hydrogens is 374 g/mol. The highest BCUT2D eigenvalue weighted by Gasteiger charge is 2.18. The molecule has 154 valence electrons. The maximum Gasteiger partial charge on any atom is 0.269 e. The van der Waals surface area contributed by atoms with Gasteiger partial charge in [-0.3, -0.25) is 25.2 Å². The fourth-order valence-electron chi connectivity index (χ4n) is 2.70. The van der Waals surface area contributed by atoms with Crippen molar-refractivity contribution in [3.8, 4) is 11.5 Å². The zero-order valence-electron chi connectivity index (χ0n) is 16.7. The standard InChI is InChI=1S/C21H25N3O5/c1-4-29-18-11-10-16(12-19(18)28-3)21(27)24-23-20(26)13-17(22-14(2)25)15-8-6-5-7-9-15/h5-12,17H,4,13H2,1-3H3,(H,22,25)(H,23,26)(H,24,27)/t17-/m1/s1. The molecule has 0 unspecified atom stereocenters. The zero-order chi connectivity index (χ0) is 21.2. The first-order valence-electron chi connectivity index (χ1n) is 9.16.